The van der Waals surface area contributed by atoms with Crippen LogP contribution >= 0.6 is 11.6 Å². The third kappa shape index (κ3) is 5.33. The fraction of sp³-hybridized carbons (Fsp3) is 0.300. The van der Waals surface area contributed by atoms with E-state index in [9.17, 15) is 9.59 Å². The predicted octanol–water partition coefficient (Wildman–Crippen LogP) is 4.49. The maximum Gasteiger partial charge on any atom is 0.251 e. The second-order valence-corrected chi connectivity index (χ2v) is 6.82. The molecule has 5 heteroatoms. The summed E-state index contributed by atoms with van der Waals surface area (Å²) in [5.74, 6) is -0.231. The van der Waals surface area contributed by atoms with Gasteiger partial charge in [-0.3, -0.25) is 9.59 Å². The Morgan fingerprint density at radius 1 is 1.04 bits per heavy atom. The largest absolute Gasteiger partial charge is 0.341 e. The minimum absolute atomic E-state index is 0.151. The van der Waals surface area contributed by atoms with Gasteiger partial charge >= 0.3 is 0 Å². The van der Waals surface area contributed by atoms with Crippen LogP contribution in [0.2, 0.25) is 5.02 Å². The summed E-state index contributed by atoms with van der Waals surface area (Å²) in [5.41, 5.74) is 2.16. The van der Waals surface area contributed by atoms with Gasteiger partial charge in [0.1, 0.15) is 6.04 Å². The van der Waals surface area contributed by atoms with Crippen molar-refractivity contribution in [2.45, 2.75) is 33.2 Å². The van der Waals surface area contributed by atoms with Gasteiger partial charge in [0.25, 0.3) is 5.91 Å². The smallest absolute Gasteiger partial charge is 0.251 e. The summed E-state index contributed by atoms with van der Waals surface area (Å²) in [7, 11) is 0. The van der Waals surface area contributed by atoms with Crippen molar-refractivity contribution in [3.63, 3.8) is 0 Å². The van der Waals surface area contributed by atoms with Crippen LogP contribution in [0, 0.1) is 12.8 Å². The van der Waals surface area contributed by atoms with Crippen LogP contribution < -0.4 is 10.6 Å². The van der Waals surface area contributed by atoms with E-state index in [1.54, 1.807) is 18.2 Å². The van der Waals surface area contributed by atoms with Gasteiger partial charge in [-0.15, -0.1) is 0 Å². The number of hydrogen-bond acceptors (Lipinski definition) is 2. The summed E-state index contributed by atoms with van der Waals surface area (Å²) in [4.78, 5) is 25.0. The normalized spacial score (nSPS) is 11.9. The van der Waals surface area contributed by atoms with Crippen molar-refractivity contribution < 1.29 is 9.59 Å². The van der Waals surface area contributed by atoms with Crippen molar-refractivity contribution >= 4 is 29.1 Å². The molecular weight excluding hydrogens is 336 g/mol. The Morgan fingerprint density at radius 2 is 1.72 bits per heavy atom. The third-order valence-electron chi connectivity index (χ3n) is 3.82. The number of anilines is 1. The first kappa shape index (κ1) is 19.0. The topological polar surface area (TPSA) is 58.2 Å². The molecule has 0 saturated carbocycles. The van der Waals surface area contributed by atoms with E-state index in [2.05, 4.69) is 10.6 Å². The highest BCUT2D eigenvalue weighted by Gasteiger charge is 2.23. The highest BCUT2D eigenvalue weighted by atomic mass is 35.5. The zero-order valence-electron chi connectivity index (χ0n) is 14.7. The van der Waals surface area contributed by atoms with Gasteiger partial charge in [0.2, 0.25) is 5.91 Å². The second kappa shape index (κ2) is 8.67. The number of rotatable bonds is 6. The van der Waals surface area contributed by atoms with Crippen LogP contribution in [0.1, 0.15) is 37.4 Å². The maximum atomic E-state index is 12.8. The summed E-state index contributed by atoms with van der Waals surface area (Å²) < 4.78 is 0. The third-order valence-corrected chi connectivity index (χ3v) is 4.23. The van der Waals surface area contributed by atoms with Crippen molar-refractivity contribution in [2.75, 3.05) is 5.32 Å². The Bertz CT molecular complexity index is 745. The van der Waals surface area contributed by atoms with E-state index in [1.165, 1.54) is 0 Å². The molecule has 132 valence electrons. The van der Waals surface area contributed by atoms with E-state index in [0.29, 0.717) is 17.1 Å². The number of benzene rings is 2. The second-order valence-electron chi connectivity index (χ2n) is 6.41. The van der Waals surface area contributed by atoms with Crippen molar-refractivity contribution in [1.29, 1.82) is 0 Å². The number of carbonyl (C=O) groups excluding carboxylic acids is 2. The van der Waals surface area contributed by atoms with Crippen LogP contribution in [-0.2, 0) is 9.59 Å². The van der Waals surface area contributed by atoms with E-state index in [1.807, 2.05) is 51.1 Å². The zero-order chi connectivity index (χ0) is 18.4. The first-order valence-electron chi connectivity index (χ1n) is 8.28. The van der Waals surface area contributed by atoms with Gasteiger partial charge in [0.15, 0.2) is 0 Å². The Hall–Kier alpha value is -2.33. The molecule has 2 N–H and O–H groups in total. The summed E-state index contributed by atoms with van der Waals surface area (Å²) in [6, 6.07) is 13.8. The van der Waals surface area contributed by atoms with Crippen LogP contribution in [-0.4, -0.2) is 11.8 Å². The lowest BCUT2D eigenvalue weighted by Gasteiger charge is -2.20. The van der Waals surface area contributed by atoms with Crippen molar-refractivity contribution in [2.24, 2.45) is 5.92 Å². The summed E-state index contributed by atoms with van der Waals surface area (Å²) in [6.45, 7) is 5.77. The van der Waals surface area contributed by atoms with E-state index in [0.717, 1.165) is 11.1 Å². The fourth-order valence-corrected chi connectivity index (χ4v) is 2.66. The predicted molar refractivity (Wildman–Crippen MR) is 102 cm³/mol. The molecule has 2 rings (SSSR count). The zero-order valence-corrected chi connectivity index (χ0v) is 15.4. The van der Waals surface area contributed by atoms with Gasteiger partial charge < -0.3 is 10.6 Å². The van der Waals surface area contributed by atoms with Crippen molar-refractivity contribution in [3.05, 3.63) is 64.7 Å². The van der Waals surface area contributed by atoms with Crippen LogP contribution in [0.5, 0.6) is 0 Å². The lowest BCUT2D eigenvalue weighted by Crippen LogP contribution is -2.37. The molecule has 0 saturated heterocycles. The Kier molecular flexibility index (Phi) is 6.59. The molecule has 1 unspecified atom stereocenters. The fourth-order valence-electron chi connectivity index (χ4n) is 2.48. The number of amides is 2. The van der Waals surface area contributed by atoms with Gasteiger partial charge in [0, 0.05) is 17.1 Å². The first-order chi connectivity index (χ1) is 11.9. The molecule has 0 aliphatic rings. The van der Waals surface area contributed by atoms with Gasteiger partial charge in [0.05, 0.1) is 0 Å². The molecule has 0 heterocycles. The highest BCUT2D eigenvalue weighted by Crippen LogP contribution is 2.24. The maximum absolute atomic E-state index is 12.8. The van der Waals surface area contributed by atoms with Crippen molar-refractivity contribution in [3.8, 4) is 0 Å². The van der Waals surface area contributed by atoms with Gasteiger partial charge in [-0.1, -0.05) is 61.8 Å². The van der Waals surface area contributed by atoms with Gasteiger partial charge in [-0.25, -0.2) is 0 Å². The molecule has 0 aliphatic carbocycles. The van der Waals surface area contributed by atoms with E-state index >= 15 is 0 Å². The average Bonchev–Trinajstić information content (AvgIpc) is 2.57. The molecule has 0 bridgehead atoms. The molecule has 0 spiro atoms. The standard InChI is InChI=1S/C20H23ClN2O2/c1-13(2)12-18(24)23-19(15-8-5-4-6-9-15)20(25)22-17-11-7-10-16(21)14(17)3/h4-11,13,19H,12H2,1-3H3,(H,22,25)(H,23,24). The number of carbonyl (C=O) groups is 2. The van der Waals surface area contributed by atoms with Crippen LogP contribution in [0.25, 0.3) is 0 Å². The molecule has 2 aromatic carbocycles. The lowest BCUT2D eigenvalue weighted by molar-refractivity contribution is -0.127. The molecule has 4 nitrogen and oxygen atoms in total. The van der Waals surface area contributed by atoms with Gasteiger partial charge in [-0.2, -0.15) is 0 Å². The van der Waals surface area contributed by atoms with Crippen molar-refractivity contribution in [1.82, 2.24) is 5.32 Å². The quantitative estimate of drug-likeness (QED) is 0.799. The number of halogens is 1. The molecule has 0 fully saturated rings. The van der Waals surface area contributed by atoms with E-state index < -0.39 is 6.04 Å². The van der Waals surface area contributed by atoms with Crippen LogP contribution in [0.4, 0.5) is 5.69 Å². The van der Waals surface area contributed by atoms with Crippen LogP contribution in [0.3, 0.4) is 0 Å². The first-order valence-corrected chi connectivity index (χ1v) is 8.66. The average molecular weight is 359 g/mol. The molecule has 0 aromatic heterocycles. The molecule has 0 radical (unpaired) electrons. The van der Waals surface area contributed by atoms with E-state index in [-0.39, 0.29) is 17.7 Å². The van der Waals surface area contributed by atoms with Gasteiger partial charge in [-0.05, 0) is 36.1 Å². The monoisotopic (exact) mass is 358 g/mol. The van der Waals surface area contributed by atoms with E-state index in [4.69, 9.17) is 11.6 Å². The number of nitrogens with one attached hydrogen (secondary N) is 2. The summed E-state index contributed by atoms with van der Waals surface area (Å²) in [6.07, 6.45) is 0.368. The minimum atomic E-state index is -0.758. The Labute approximate surface area is 153 Å². The molecule has 1 atom stereocenters. The number of hydrogen-bond donors (Lipinski definition) is 2. The SMILES string of the molecule is Cc1c(Cl)cccc1NC(=O)C(NC(=O)CC(C)C)c1ccccc1. The lowest BCUT2D eigenvalue weighted by atomic mass is 10.0. The molecule has 25 heavy (non-hydrogen) atoms. The Balaban J connectivity index is 2.23. The minimum Gasteiger partial charge on any atom is -0.341 e. The molecule has 2 aromatic rings. The molecular formula is C20H23ClN2O2. The summed E-state index contributed by atoms with van der Waals surface area (Å²) >= 11 is 6.11. The Morgan fingerprint density at radius 3 is 2.36 bits per heavy atom. The van der Waals surface area contributed by atoms with Crippen LogP contribution in [0.15, 0.2) is 48.5 Å². The molecule has 2 amide bonds. The molecule has 0 aliphatic heterocycles. The highest BCUT2D eigenvalue weighted by molar-refractivity contribution is 6.31. The summed E-state index contributed by atoms with van der Waals surface area (Å²) in [5, 5.41) is 6.29.